The van der Waals surface area contributed by atoms with Gasteiger partial charge in [-0.2, -0.15) is 0 Å². The first kappa shape index (κ1) is 15.8. The van der Waals surface area contributed by atoms with Gasteiger partial charge in [-0.3, -0.25) is 4.79 Å². The van der Waals surface area contributed by atoms with Gasteiger partial charge >= 0.3 is 0 Å². The van der Waals surface area contributed by atoms with Crippen LogP contribution in [0.2, 0.25) is 0 Å². The van der Waals surface area contributed by atoms with E-state index in [2.05, 4.69) is 24.1 Å². The number of rotatable bonds is 5. The molecule has 1 aromatic heterocycles. The van der Waals surface area contributed by atoms with Crippen LogP contribution in [0.3, 0.4) is 0 Å². The highest BCUT2D eigenvalue weighted by molar-refractivity contribution is 5.95. The first-order valence-electron chi connectivity index (χ1n) is 8.05. The summed E-state index contributed by atoms with van der Waals surface area (Å²) >= 11 is 0. The van der Waals surface area contributed by atoms with Gasteiger partial charge in [0.05, 0.1) is 0 Å². The van der Waals surface area contributed by atoms with Crippen molar-refractivity contribution in [2.24, 2.45) is 5.41 Å². The molecule has 1 N–H and O–H groups in total. The minimum absolute atomic E-state index is 0.142. The lowest BCUT2D eigenvalue weighted by Crippen LogP contribution is -2.32. The summed E-state index contributed by atoms with van der Waals surface area (Å²) in [5.41, 5.74) is 1.96. The Hall–Kier alpha value is -1.58. The van der Waals surface area contributed by atoms with E-state index < -0.39 is 0 Å². The van der Waals surface area contributed by atoms with Crippen LogP contribution < -0.4 is 5.32 Å². The highest BCUT2D eigenvalue weighted by Crippen LogP contribution is 2.37. The van der Waals surface area contributed by atoms with Crippen LogP contribution in [-0.2, 0) is 0 Å². The summed E-state index contributed by atoms with van der Waals surface area (Å²) in [4.78, 5) is 19.2. The summed E-state index contributed by atoms with van der Waals surface area (Å²) in [5, 5.41) is 3.19. The third kappa shape index (κ3) is 3.36. The van der Waals surface area contributed by atoms with Crippen molar-refractivity contribution in [1.82, 2.24) is 9.88 Å². The summed E-state index contributed by atoms with van der Waals surface area (Å²) < 4.78 is 0. The van der Waals surface area contributed by atoms with Gasteiger partial charge in [0, 0.05) is 30.9 Å². The Balaban J connectivity index is 2.17. The zero-order valence-corrected chi connectivity index (χ0v) is 13.7. The number of anilines is 1. The van der Waals surface area contributed by atoms with Crippen molar-refractivity contribution < 1.29 is 4.79 Å². The van der Waals surface area contributed by atoms with Gasteiger partial charge in [-0.15, -0.1) is 0 Å². The van der Waals surface area contributed by atoms with Crippen molar-refractivity contribution in [3.8, 4) is 0 Å². The van der Waals surface area contributed by atoms with E-state index >= 15 is 0 Å². The number of aromatic nitrogens is 1. The highest BCUT2D eigenvalue weighted by Gasteiger charge is 2.37. The van der Waals surface area contributed by atoms with Gasteiger partial charge in [0.15, 0.2) is 0 Å². The largest absolute Gasteiger partial charge is 0.370 e. The highest BCUT2D eigenvalue weighted by atomic mass is 16.2. The second-order valence-corrected chi connectivity index (χ2v) is 6.10. The van der Waals surface area contributed by atoms with Gasteiger partial charge < -0.3 is 10.2 Å². The molecular formula is C17H27N3O. The minimum atomic E-state index is 0.142. The molecule has 0 saturated carbocycles. The number of carbonyl (C=O) groups is 1. The second-order valence-electron chi connectivity index (χ2n) is 6.10. The molecular weight excluding hydrogens is 262 g/mol. The number of likely N-dealkylation sites (tertiary alicyclic amines) is 1. The van der Waals surface area contributed by atoms with E-state index in [1.807, 2.05) is 30.9 Å². The number of aryl methyl sites for hydroxylation is 1. The van der Waals surface area contributed by atoms with Crippen molar-refractivity contribution in [2.45, 2.75) is 47.0 Å². The zero-order chi connectivity index (χ0) is 15.5. The number of hydrogen-bond donors (Lipinski definition) is 1. The standard InChI is InChI=1S/C17H27N3O/c1-5-17(6-2)8-9-20(12-17)16(21)14-10-13(4)19-15(11-14)18-7-3/h10-11H,5-9,12H2,1-4H3,(H,18,19). The van der Waals surface area contributed by atoms with E-state index in [0.717, 1.165) is 56.0 Å². The Kier molecular flexibility index (Phi) is 4.86. The molecule has 4 heteroatoms. The number of pyridine rings is 1. The van der Waals surface area contributed by atoms with E-state index in [0.29, 0.717) is 5.41 Å². The van der Waals surface area contributed by atoms with Crippen LogP contribution in [0, 0.1) is 12.3 Å². The molecule has 0 atom stereocenters. The molecule has 4 nitrogen and oxygen atoms in total. The summed E-state index contributed by atoms with van der Waals surface area (Å²) in [6.45, 7) is 11.0. The summed E-state index contributed by atoms with van der Waals surface area (Å²) in [6.07, 6.45) is 3.41. The Bertz CT molecular complexity index is 509. The monoisotopic (exact) mass is 289 g/mol. The van der Waals surface area contributed by atoms with Gasteiger partial charge in [0.1, 0.15) is 5.82 Å². The van der Waals surface area contributed by atoms with E-state index in [4.69, 9.17) is 0 Å². The van der Waals surface area contributed by atoms with Gasteiger partial charge in [-0.1, -0.05) is 13.8 Å². The fourth-order valence-electron chi connectivity index (χ4n) is 3.18. The lowest BCUT2D eigenvalue weighted by Gasteiger charge is -2.26. The number of hydrogen-bond acceptors (Lipinski definition) is 3. The van der Waals surface area contributed by atoms with Crippen LogP contribution in [0.15, 0.2) is 12.1 Å². The lowest BCUT2D eigenvalue weighted by molar-refractivity contribution is 0.0769. The molecule has 1 aliphatic heterocycles. The quantitative estimate of drug-likeness (QED) is 0.902. The molecule has 116 valence electrons. The normalized spacial score (nSPS) is 17.0. The van der Waals surface area contributed by atoms with Crippen molar-refractivity contribution in [2.75, 3.05) is 25.0 Å². The Morgan fingerprint density at radius 1 is 1.33 bits per heavy atom. The molecule has 1 saturated heterocycles. The molecule has 0 spiro atoms. The van der Waals surface area contributed by atoms with Crippen molar-refractivity contribution >= 4 is 11.7 Å². The number of nitrogens with zero attached hydrogens (tertiary/aromatic N) is 2. The maximum absolute atomic E-state index is 12.7. The molecule has 0 unspecified atom stereocenters. The maximum atomic E-state index is 12.7. The number of nitrogens with one attached hydrogen (secondary N) is 1. The van der Waals surface area contributed by atoms with Crippen LogP contribution >= 0.6 is 0 Å². The number of carbonyl (C=O) groups excluding carboxylic acids is 1. The van der Waals surface area contributed by atoms with Crippen molar-refractivity contribution in [3.05, 3.63) is 23.4 Å². The van der Waals surface area contributed by atoms with Crippen LogP contribution in [0.4, 0.5) is 5.82 Å². The Morgan fingerprint density at radius 2 is 2.05 bits per heavy atom. The molecule has 1 amide bonds. The van der Waals surface area contributed by atoms with Crippen LogP contribution in [0.1, 0.15) is 56.1 Å². The fourth-order valence-corrected chi connectivity index (χ4v) is 3.18. The SMILES string of the molecule is CCNc1cc(C(=O)N2CCC(CC)(CC)C2)cc(C)n1. The average molecular weight is 289 g/mol. The molecule has 1 fully saturated rings. The summed E-state index contributed by atoms with van der Waals surface area (Å²) in [6, 6.07) is 3.76. The van der Waals surface area contributed by atoms with E-state index in [1.165, 1.54) is 0 Å². The molecule has 0 bridgehead atoms. The fraction of sp³-hybridized carbons (Fsp3) is 0.647. The van der Waals surface area contributed by atoms with Crippen LogP contribution in [0.25, 0.3) is 0 Å². The topological polar surface area (TPSA) is 45.2 Å². The van der Waals surface area contributed by atoms with Crippen LogP contribution in [-0.4, -0.2) is 35.4 Å². The van der Waals surface area contributed by atoms with Gasteiger partial charge in [0.25, 0.3) is 5.91 Å². The minimum Gasteiger partial charge on any atom is -0.370 e. The molecule has 2 rings (SSSR count). The molecule has 2 heterocycles. The smallest absolute Gasteiger partial charge is 0.254 e. The molecule has 1 aliphatic rings. The summed E-state index contributed by atoms with van der Waals surface area (Å²) in [5.74, 6) is 0.931. The molecule has 0 aliphatic carbocycles. The van der Waals surface area contributed by atoms with Gasteiger partial charge in [0.2, 0.25) is 0 Å². The molecule has 21 heavy (non-hydrogen) atoms. The molecule has 0 radical (unpaired) electrons. The predicted molar refractivity (Wildman–Crippen MR) is 86.7 cm³/mol. The second kappa shape index (κ2) is 6.46. The predicted octanol–water partition coefficient (Wildman–Crippen LogP) is 3.47. The first-order chi connectivity index (χ1) is 10.0. The third-order valence-electron chi connectivity index (χ3n) is 4.78. The molecule has 0 aromatic carbocycles. The summed E-state index contributed by atoms with van der Waals surface area (Å²) in [7, 11) is 0. The Morgan fingerprint density at radius 3 is 2.62 bits per heavy atom. The Labute approximate surface area is 127 Å². The molecule has 1 aromatic rings. The average Bonchev–Trinajstić information content (AvgIpc) is 2.91. The third-order valence-corrected chi connectivity index (χ3v) is 4.78. The van der Waals surface area contributed by atoms with Gasteiger partial charge in [-0.25, -0.2) is 4.98 Å². The van der Waals surface area contributed by atoms with Crippen molar-refractivity contribution in [1.29, 1.82) is 0 Å². The van der Waals surface area contributed by atoms with E-state index in [-0.39, 0.29) is 5.91 Å². The van der Waals surface area contributed by atoms with Crippen molar-refractivity contribution in [3.63, 3.8) is 0 Å². The van der Waals surface area contributed by atoms with E-state index in [9.17, 15) is 4.79 Å². The van der Waals surface area contributed by atoms with Crippen LogP contribution in [0.5, 0.6) is 0 Å². The lowest BCUT2D eigenvalue weighted by atomic mass is 9.82. The number of amides is 1. The maximum Gasteiger partial charge on any atom is 0.254 e. The van der Waals surface area contributed by atoms with E-state index in [1.54, 1.807) is 0 Å². The van der Waals surface area contributed by atoms with Gasteiger partial charge in [-0.05, 0) is 50.7 Å². The zero-order valence-electron chi connectivity index (χ0n) is 13.7. The first-order valence-corrected chi connectivity index (χ1v) is 8.05.